The Labute approximate surface area is 166 Å². The molecule has 0 saturated carbocycles. The number of para-hydroxylation sites is 1. The van der Waals surface area contributed by atoms with Crippen LogP contribution < -0.4 is 26.2 Å². The van der Waals surface area contributed by atoms with Crippen molar-refractivity contribution in [1.82, 2.24) is 10.9 Å². The summed E-state index contributed by atoms with van der Waals surface area (Å²) in [5, 5.41) is 5.16. The highest BCUT2D eigenvalue weighted by Crippen LogP contribution is 2.36. The Morgan fingerprint density at radius 1 is 1.07 bits per heavy atom. The third-order valence-corrected chi connectivity index (χ3v) is 5.24. The van der Waals surface area contributed by atoms with Gasteiger partial charge in [-0.05, 0) is 36.4 Å². The van der Waals surface area contributed by atoms with Gasteiger partial charge in [-0.3, -0.25) is 25.2 Å². The highest BCUT2D eigenvalue weighted by Gasteiger charge is 2.28. The van der Waals surface area contributed by atoms with Crippen LogP contribution in [0.4, 0.5) is 11.4 Å². The molecule has 0 fully saturated rings. The number of thioether (sulfide) groups is 1. The zero-order chi connectivity index (χ0) is 19.9. The van der Waals surface area contributed by atoms with E-state index >= 15 is 0 Å². The van der Waals surface area contributed by atoms with Crippen molar-refractivity contribution in [2.75, 3.05) is 24.3 Å². The Balaban J connectivity index is 1.41. The molecule has 1 heterocycles. The Kier molecular flexibility index (Phi) is 6.38. The van der Waals surface area contributed by atoms with Crippen molar-refractivity contribution in [3.63, 3.8) is 0 Å². The number of nitrogens with one attached hydrogen (secondary N) is 4. The predicted octanol–water partition coefficient (Wildman–Crippen LogP) is 1.76. The van der Waals surface area contributed by atoms with E-state index in [9.17, 15) is 14.4 Å². The summed E-state index contributed by atoms with van der Waals surface area (Å²) < 4.78 is 5.06. The van der Waals surface area contributed by atoms with Gasteiger partial charge < -0.3 is 15.4 Å². The molecule has 146 valence electrons. The summed E-state index contributed by atoms with van der Waals surface area (Å²) in [4.78, 5) is 37.0. The highest BCUT2D eigenvalue weighted by atomic mass is 32.2. The monoisotopic (exact) mass is 400 g/mol. The molecule has 0 saturated heterocycles. The van der Waals surface area contributed by atoms with E-state index in [0.717, 1.165) is 22.0 Å². The van der Waals surface area contributed by atoms with Gasteiger partial charge >= 0.3 is 0 Å². The molecule has 1 aliphatic rings. The highest BCUT2D eigenvalue weighted by molar-refractivity contribution is 8.01. The number of fused-ring (bicyclic) bond motifs is 1. The molecule has 2 aromatic rings. The van der Waals surface area contributed by atoms with Gasteiger partial charge in [0.25, 0.3) is 5.91 Å². The summed E-state index contributed by atoms with van der Waals surface area (Å²) in [6.45, 7) is -0.0152. The Bertz CT molecular complexity index is 872. The molecule has 1 aliphatic heterocycles. The van der Waals surface area contributed by atoms with E-state index in [4.69, 9.17) is 4.74 Å². The van der Waals surface area contributed by atoms with Crippen LogP contribution in [0.3, 0.4) is 0 Å². The predicted molar refractivity (Wildman–Crippen MR) is 107 cm³/mol. The van der Waals surface area contributed by atoms with Gasteiger partial charge in [-0.1, -0.05) is 12.1 Å². The van der Waals surface area contributed by atoms with Crippen LogP contribution >= 0.6 is 11.8 Å². The summed E-state index contributed by atoms with van der Waals surface area (Å²) in [5.74, 6) is -0.360. The van der Waals surface area contributed by atoms with Crippen molar-refractivity contribution in [3.05, 3.63) is 48.5 Å². The van der Waals surface area contributed by atoms with Crippen molar-refractivity contribution in [1.29, 1.82) is 0 Å². The van der Waals surface area contributed by atoms with Crippen LogP contribution in [0.5, 0.6) is 5.75 Å². The van der Waals surface area contributed by atoms with Crippen LogP contribution in [0.1, 0.15) is 6.42 Å². The van der Waals surface area contributed by atoms with Crippen molar-refractivity contribution in [3.8, 4) is 5.75 Å². The van der Waals surface area contributed by atoms with Gasteiger partial charge in [0.05, 0.1) is 24.6 Å². The first-order chi connectivity index (χ1) is 13.5. The number of amides is 3. The lowest BCUT2D eigenvalue weighted by Crippen LogP contribution is -2.45. The fourth-order valence-electron chi connectivity index (χ4n) is 2.52. The number of hydrazine groups is 1. The van der Waals surface area contributed by atoms with E-state index < -0.39 is 17.1 Å². The average Bonchev–Trinajstić information content (AvgIpc) is 2.71. The zero-order valence-electron chi connectivity index (χ0n) is 15.2. The van der Waals surface area contributed by atoms with Crippen molar-refractivity contribution in [2.24, 2.45) is 0 Å². The minimum atomic E-state index is -0.552. The van der Waals surface area contributed by atoms with Crippen LogP contribution in [0.15, 0.2) is 53.4 Å². The van der Waals surface area contributed by atoms with E-state index in [-0.39, 0.29) is 18.9 Å². The molecular weight excluding hydrogens is 380 g/mol. The maximum Gasteiger partial charge on any atom is 0.257 e. The van der Waals surface area contributed by atoms with E-state index in [1.807, 2.05) is 24.3 Å². The first-order valence-corrected chi connectivity index (χ1v) is 9.45. The number of hydrogen-bond donors (Lipinski definition) is 4. The molecule has 28 heavy (non-hydrogen) atoms. The maximum atomic E-state index is 12.1. The molecule has 4 N–H and O–H groups in total. The van der Waals surface area contributed by atoms with Gasteiger partial charge in [-0.25, -0.2) is 0 Å². The SMILES string of the molecule is COc1ccc(NCC(=O)NNC(=O)CC2Sc3ccccc3NC2=O)cc1. The van der Waals surface area contributed by atoms with Gasteiger partial charge in [-0.15, -0.1) is 11.8 Å². The molecule has 8 nitrogen and oxygen atoms in total. The number of ether oxygens (including phenoxy) is 1. The van der Waals surface area contributed by atoms with Gasteiger partial charge in [-0.2, -0.15) is 0 Å². The fraction of sp³-hybridized carbons (Fsp3) is 0.211. The van der Waals surface area contributed by atoms with Crippen molar-refractivity contribution >= 4 is 40.9 Å². The number of benzene rings is 2. The van der Waals surface area contributed by atoms with E-state index in [1.54, 1.807) is 31.4 Å². The number of methoxy groups -OCH3 is 1. The van der Waals surface area contributed by atoms with Gasteiger partial charge in [0.15, 0.2) is 0 Å². The third-order valence-electron chi connectivity index (χ3n) is 3.96. The third kappa shape index (κ3) is 5.17. The largest absolute Gasteiger partial charge is 0.497 e. The Morgan fingerprint density at radius 2 is 1.79 bits per heavy atom. The second kappa shape index (κ2) is 9.14. The topological polar surface area (TPSA) is 109 Å². The lowest BCUT2D eigenvalue weighted by molar-refractivity contribution is -0.128. The molecule has 0 bridgehead atoms. The second-order valence-corrected chi connectivity index (χ2v) is 7.22. The summed E-state index contributed by atoms with van der Waals surface area (Å²) in [6.07, 6.45) is -0.0446. The number of carbonyl (C=O) groups is 3. The minimum Gasteiger partial charge on any atom is -0.497 e. The lowest BCUT2D eigenvalue weighted by Gasteiger charge is -2.23. The molecule has 0 spiro atoms. The van der Waals surface area contributed by atoms with Crippen LogP contribution in [-0.2, 0) is 14.4 Å². The first-order valence-electron chi connectivity index (χ1n) is 8.57. The molecule has 1 unspecified atom stereocenters. The number of hydrogen-bond acceptors (Lipinski definition) is 6. The molecule has 3 amide bonds. The van der Waals surface area contributed by atoms with Gasteiger partial charge in [0, 0.05) is 17.0 Å². The van der Waals surface area contributed by atoms with E-state index in [1.165, 1.54) is 11.8 Å². The van der Waals surface area contributed by atoms with Gasteiger partial charge in [0.1, 0.15) is 5.75 Å². The minimum absolute atomic E-state index is 0.0152. The van der Waals surface area contributed by atoms with Crippen LogP contribution in [-0.4, -0.2) is 36.6 Å². The standard InChI is InChI=1S/C19H20N4O4S/c1-27-13-8-6-12(7-9-13)20-11-18(25)23-22-17(24)10-16-19(26)21-14-4-2-3-5-15(14)28-16/h2-9,16,20H,10-11H2,1H3,(H,21,26)(H,22,24)(H,23,25). The normalized spacial score (nSPS) is 15.0. The Hall–Kier alpha value is -3.20. The fourth-order valence-corrected chi connectivity index (χ4v) is 3.63. The quantitative estimate of drug-likeness (QED) is 0.550. The smallest absolute Gasteiger partial charge is 0.257 e. The molecule has 9 heteroatoms. The molecule has 0 aromatic heterocycles. The number of rotatable bonds is 6. The van der Waals surface area contributed by atoms with Crippen molar-refractivity contribution in [2.45, 2.75) is 16.6 Å². The van der Waals surface area contributed by atoms with Gasteiger partial charge in [0.2, 0.25) is 11.8 Å². The molecule has 1 atom stereocenters. The van der Waals surface area contributed by atoms with Crippen LogP contribution in [0.2, 0.25) is 0 Å². The van der Waals surface area contributed by atoms with Crippen LogP contribution in [0, 0.1) is 0 Å². The lowest BCUT2D eigenvalue weighted by atomic mass is 10.2. The summed E-state index contributed by atoms with van der Waals surface area (Å²) in [6, 6.07) is 14.5. The first kappa shape index (κ1) is 19.6. The molecule has 0 radical (unpaired) electrons. The zero-order valence-corrected chi connectivity index (χ0v) is 16.0. The number of carbonyl (C=O) groups excluding carboxylic acids is 3. The Morgan fingerprint density at radius 3 is 2.54 bits per heavy atom. The van der Waals surface area contributed by atoms with E-state index in [2.05, 4.69) is 21.5 Å². The molecule has 2 aromatic carbocycles. The number of anilines is 2. The summed E-state index contributed by atoms with van der Waals surface area (Å²) in [7, 11) is 1.58. The average molecular weight is 400 g/mol. The summed E-state index contributed by atoms with van der Waals surface area (Å²) in [5.41, 5.74) is 6.16. The molecule has 0 aliphatic carbocycles. The van der Waals surface area contributed by atoms with E-state index in [0.29, 0.717) is 0 Å². The summed E-state index contributed by atoms with van der Waals surface area (Å²) >= 11 is 1.33. The maximum absolute atomic E-state index is 12.1. The second-order valence-electron chi connectivity index (χ2n) is 5.97. The van der Waals surface area contributed by atoms with Crippen molar-refractivity contribution < 1.29 is 19.1 Å². The van der Waals surface area contributed by atoms with Crippen LogP contribution in [0.25, 0.3) is 0 Å². The molecular formula is C19H20N4O4S. The molecule has 3 rings (SSSR count).